The highest BCUT2D eigenvalue weighted by Crippen LogP contribution is 2.19. The van der Waals surface area contributed by atoms with Crippen molar-refractivity contribution in [3.8, 4) is 0 Å². The van der Waals surface area contributed by atoms with Crippen LogP contribution in [0.1, 0.15) is 25.3 Å². The normalized spacial score (nSPS) is 10.1. The lowest BCUT2D eigenvalue weighted by atomic mass is 10.2. The van der Waals surface area contributed by atoms with Crippen LogP contribution in [0.4, 0.5) is 5.69 Å². The van der Waals surface area contributed by atoms with Gasteiger partial charge in [-0.15, -0.1) is 0 Å². The Bertz CT molecular complexity index is 271. The molecule has 0 bridgehead atoms. The van der Waals surface area contributed by atoms with E-state index in [0.717, 1.165) is 17.3 Å². The van der Waals surface area contributed by atoms with Crippen molar-refractivity contribution < 1.29 is 0 Å². The number of anilines is 1. The molecule has 1 nitrogen and oxygen atoms in total. The third kappa shape index (κ3) is 3.27. The monoisotopic (exact) mass is 197 g/mol. The molecular formula is C11H16ClN. The number of halogens is 1. The van der Waals surface area contributed by atoms with E-state index in [9.17, 15) is 0 Å². The lowest BCUT2D eigenvalue weighted by Gasteiger charge is -2.08. The molecule has 0 heterocycles. The van der Waals surface area contributed by atoms with E-state index in [1.807, 2.05) is 18.2 Å². The zero-order valence-electron chi connectivity index (χ0n) is 8.23. The maximum absolute atomic E-state index is 5.89. The van der Waals surface area contributed by atoms with E-state index < -0.39 is 0 Å². The van der Waals surface area contributed by atoms with E-state index >= 15 is 0 Å². The summed E-state index contributed by atoms with van der Waals surface area (Å²) in [4.78, 5) is 0. The summed E-state index contributed by atoms with van der Waals surface area (Å²) in [7, 11) is 0. The maximum Gasteiger partial charge on any atom is 0.0426 e. The van der Waals surface area contributed by atoms with Gasteiger partial charge in [0, 0.05) is 17.3 Å². The zero-order chi connectivity index (χ0) is 9.68. The van der Waals surface area contributed by atoms with Crippen molar-refractivity contribution in [3.05, 3.63) is 28.8 Å². The molecule has 0 spiro atoms. The van der Waals surface area contributed by atoms with E-state index in [0.29, 0.717) is 0 Å². The van der Waals surface area contributed by atoms with Gasteiger partial charge in [0.1, 0.15) is 0 Å². The lowest BCUT2D eigenvalue weighted by Crippen LogP contribution is -2.02. The highest BCUT2D eigenvalue weighted by molar-refractivity contribution is 6.30. The molecule has 0 saturated heterocycles. The third-order valence-electron chi connectivity index (χ3n) is 2.05. The molecule has 0 aromatic heterocycles. The van der Waals surface area contributed by atoms with Gasteiger partial charge in [-0.05, 0) is 31.0 Å². The van der Waals surface area contributed by atoms with Gasteiger partial charge >= 0.3 is 0 Å². The Hall–Kier alpha value is -0.690. The summed E-state index contributed by atoms with van der Waals surface area (Å²) in [5.41, 5.74) is 2.40. The molecule has 72 valence electrons. The summed E-state index contributed by atoms with van der Waals surface area (Å²) in [5, 5.41) is 4.17. The molecular weight excluding hydrogens is 182 g/mol. The van der Waals surface area contributed by atoms with E-state index in [2.05, 4.69) is 19.2 Å². The van der Waals surface area contributed by atoms with Gasteiger partial charge in [0.15, 0.2) is 0 Å². The summed E-state index contributed by atoms with van der Waals surface area (Å²) in [6.45, 7) is 5.30. The summed E-state index contributed by atoms with van der Waals surface area (Å²) < 4.78 is 0. The Morgan fingerprint density at radius 3 is 2.85 bits per heavy atom. The molecule has 1 aromatic rings. The number of unbranched alkanes of at least 4 members (excludes halogenated alkanes) is 1. The minimum absolute atomic E-state index is 0.796. The predicted molar refractivity (Wildman–Crippen MR) is 59.6 cm³/mol. The molecule has 0 aliphatic rings. The van der Waals surface area contributed by atoms with E-state index in [-0.39, 0.29) is 0 Å². The average Bonchev–Trinajstić information content (AvgIpc) is 2.11. The van der Waals surface area contributed by atoms with Gasteiger partial charge in [-0.3, -0.25) is 0 Å². The Labute approximate surface area is 85.1 Å². The second-order valence-corrected chi connectivity index (χ2v) is 3.68. The predicted octanol–water partition coefficient (Wildman–Crippen LogP) is 3.86. The van der Waals surface area contributed by atoms with Gasteiger partial charge in [-0.1, -0.05) is 31.0 Å². The van der Waals surface area contributed by atoms with Crippen LogP contribution in [-0.4, -0.2) is 6.54 Å². The van der Waals surface area contributed by atoms with Crippen molar-refractivity contribution in [1.29, 1.82) is 0 Å². The summed E-state index contributed by atoms with van der Waals surface area (Å²) >= 11 is 5.89. The number of benzene rings is 1. The first-order valence-electron chi connectivity index (χ1n) is 4.74. The smallest absolute Gasteiger partial charge is 0.0426 e. The van der Waals surface area contributed by atoms with Crippen LogP contribution >= 0.6 is 11.6 Å². The highest BCUT2D eigenvalue weighted by atomic mass is 35.5. The minimum Gasteiger partial charge on any atom is -0.385 e. The quantitative estimate of drug-likeness (QED) is 0.723. The summed E-state index contributed by atoms with van der Waals surface area (Å²) in [6.07, 6.45) is 2.42. The van der Waals surface area contributed by atoms with Crippen molar-refractivity contribution in [3.63, 3.8) is 0 Å². The number of hydrogen-bond acceptors (Lipinski definition) is 1. The van der Waals surface area contributed by atoms with E-state index in [1.165, 1.54) is 18.4 Å². The first kappa shape index (κ1) is 10.4. The Balaban J connectivity index is 2.59. The molecule has 2 heteroatoms. The van der Waals surface area contributed by atoms with E-state index in [4.69, 9.17) is 11.6 Å². The van der Waals surface area contributed by atoms with Crippen molar-refractivity contribution in [1.82, 2.24) is 0 Å². The second-order valence-electron chi connectivity index (χ2n) is 3.24. The van der Waals surface area contributed by atoms with Crippen LogP contribution in [0, 0.1) is 6.92 Å². The molecule has 0 radical (unpaired) electrons. The fourth-order valence-corrected chi connectivity index (χ4v) is 1.36. The molecule has 1 aromatic carbocycles. The van der Waals surface area contributed by atoms with Gasteiger partial charge < -0.3 is 5.32 Å². The standard InChI is InChI=1S/C11H16ClN/c1-3-4-7-13-11-8-10(12)6-5-9(11)2/h5-6,8,13H,3-4,7H2,1-2H3. The van der Waals surface area contributed by atoms with Crippen molar-refractivity contribution in [2.45, 2.75) is 26.7 Å². The lowest BCUT2D eigenvalue weighted by molar-refractivity contribution is 0.833. The van der Waals surface area contributed by atoms with Gasteiger partial charge in [-0.25, -0.2) is 0 Å². The topological polar surface area (TPSA) is 12.0 Å². The van der Waals surface area contributed by atoms with Gasteiger partial charge in [0.25, 0.3) is 0 Å². The fourth-order valence-electron chi connectivity index (χ4n) is 1.18. The first-order chi connectivity index (χ1) is 6.24. The number of rotatable bonds is 4. The van der Waals surface area contributed by atoms with Gasteiger partial charge in [0.2, 0.25) is 0 Å². The van der Waals surface area contributed by atoms with Gasteiger partial charge in [0.05, 0.1) is 0 Å². The average molecular weight is 198 g/mol. The molecule has 0 saturated carbocycles. The van der Waals surface area contributed by atoms with E-state index in [1.54, 1.807) is 0 Å². The summed E-state index contributed by atoms with van der Waals surface area (Å²) in [5.74, 6) is 0. The summed E-state index contributed by atoms with van der Waals surface area (Å²) in [6, 6.07) is 5.94. The molecule has 0 atom stereocenters. The molecule has 0 amide bonds. The fraction of sp³-hybridized carbons (Fsp3) is 0.455. The molecule has 0 unspecified atom stereocenters. The third-order valence-corrected chi connectivity index (χ3v) is 2.28. The molecule has 0 aliphatic carbocycles. The number of aryl methyl sites for hydroxylation is 1. The van der Waals surface area contributed by atoms with Crippen LogP contribution in [-0.2, 0) is 0 Å². The van der Waals surface area contributed by atoms with Crippen LogP contribution < -0.4 is 5.32 Å². The zero-order valence-corrected chi connectivity index (χ0v) is 8.99. The molecule has 13 heavy (non-hydrogen) atoms. The van der Waals surface area contributed by atoms with Crippen molar-refractivity contribution >= 4 is 17.3 Å². The minimum atomic E-state index is 0.796. The van der Waals surface area contributed by atoms with Crippen LogP contribution in [0.15, 0.2) is 18.2 Å². The molecule has 1 N–H and O–H groups in total. The Morgan fingerprint density at radius 1 is 1.38 bits per heavy atom. The number of hydrogen-bond donors (Lipinski definition) is 1. The SMILES string of the molecule is CCCCNc1cc(Cl)ccc1C. The van der Waals surface area contributed by atoms with Crippen LogP contribution in [0.5, 0.6) is 0 Å². The second kappa shape index (κ2) is 5.13. The Morgan fingerprint density at radius 2 is 2.15 bits per heavy atom. The van der Waals surface area contributed by atoms with Gasteiger partial charge in [-0.2, -0.15) is 0 Å². The molecule has 1 rings (SSSR count). The Kier molecular flexibility index (Phi) is 4.10. The highest BCUT2D eigenvalue weighted by Gasteiger charge is 1.97. The largest absolute Gasteiger partial charge is 0.385 e. The maximum atomic E-state index is 5.89. The van der Waals surface area contributed by atoms with Crippen LogP contribution in [0.3, 0.4) is 0 Å². The van der Waals surface area contributed by atoms with Crippen molar-refractivity contribution in [2.75, 3.05) is 11.9 Å². The van der Waals surface area contributed by atoms with Crippen molar-refractivity contribution in [2.24, 2.45) is 0 Å². The van der Waals surface area contributed by atoms with Crippen LogP contribution in [0.25, 0.3) is 0 Å². The first-order valence-corrected chi connectivity index (χ1v) is 5.12. The van der Waals surface area contributed by atoms with Crippen LogP contribution in [0.2, 0.25) is 5.02 Å². The molecule has 0 fully saturated rings. The molecule has 0 aliphatic heterocycles. The number of nitrogens with one attached hydrogen (secondary N) is 1.